The van der Waals surface area contributed by atoms with Gasteiger partial charge in [0.15, 0.2) is 0 Å². The molecular formula is C17H22N4. The topological polar surface area (TPSA) is 53.6 Å². The molecule has 1 aliphatic carbocycles. The van der Waals surface area contributed by atoms with E-state index in [1.807, 2.05) is 25.1 Å². The number of aromatic nitrogens is 2. The first-order chi connectivity index (χ1) is 10.2. The molecule has 1 fully saturated rings. The summed E-state index contributed by atoms with van der Waals surface area (Å²) in [5.41, 5.74) is 1.67. The number of hydrogen-bond donors (Lipinski definition) is 1. The van der Waals surface area contributed by atoms with Crippen LogP contribution in [0.15, 0.2) is 24.3 Å². The third-order valence-electron chi connectivity index (χ3n) is 4.42. The van der Waals surface area contributed by atoms with E-state index in [1.54, 1.807) is 0 Å². The standard InChI is InChI=1S/C17H22N4/c1-3-10-19-17(11-18,14-8-9-14)12-21-13(2)20-15-6-4-5-7-16(15)21/h4-7,14,19H,3,8-10,12H2,1-2H3. The normalized spacial score (nSPS) is 17.6. The number of nitrogens with zero attached hydrogens (tertiary/aromatic N) is 3. The SMILES string of the molecule is CCCNC(C#N)(Cn1c(C)nc2ccccc21)C1CC1. The molecule has 1 N–H and O–H groups in total. The zero-order valence-corrected chi connectivity index (χ0v) is 12.8. The number of imidazole rings is 1. The van der Waals surface area contributed by atoms with Gasteiger partial charge in [-0.3, -0.25) is 5.32 Å². The van der Waals surface area contributed by atoms with Crippen molar-refractivity contribution in [2.75, 3.05) is 6.54 Å². The van der Waals surface area contributed by atoms with Crippen molar-refractivity contribution in [3.8, 4) is 6.07 Å². The van der Waals surface area contributed by atoms with Crippen LogP contribution in [0.2, 0.25) is 0 Å². The fourth-order valence-electron chi connectivity index (χ4n) is 3.06. The molecule has 1 heterocycles. The largest absolute Gasteiger partial charge is 0.325 e. The minimum absolute atomic E-state index is 0.454. The summed E-state index contributed by atoms with van der Waals surface area (Å²) in [5.74, 6) is 1.45. The Balaban J connectivity index is 1.98. The fraction of sp³-hybridized carbons (Fsp3) is 0.529. The molecule has 4 nitrogen and oxygen atoms in total. The van der Waals surface area contributed by atoms with E-state index in [0.717, 1.165) is 42.7 Å². The maximum Gasteiger partial charge on any atom is 0.127 e. The number of para-hydroxylation sites is 2. The number of aryl methyl sites for hydroxylation is 1. The molecule has 0 bridgehead atoms. The molecule has 110 valence electrons. The third-order valence-corrected chi connectivity index (χ3v) is 4.42. The first-order valence-corrected chi connectivity index (χ1v) is 7.78. The highest BCUT2D eigenvalue weighted by Crippen LogP contribution is 2.41. The van der Waals surface area contributed by atoms with E-state index >= 15 is 0 Å². The highest BCUT2D eigenvalue weighted by molar-refractivity contribution is 5.75. The van der Waals surface area contributed by atoms with E-state index in [0.29, 0.717) is 12.5 Å². The molecule has 2 aromatic rings. The second-order valence-electron chi connectivity index (χ2n) is 6.02. The number of fused-ring (bicyclic) bond motifs is 1. The molecule has 3 rings (SSSR count). The molecule has 0 amide bonds. The van der Waals surface area contributed by atoms with Gasteiger partial charge in [-0.25, -0.2) is 4.98 Å². The zero-order chi connectivity index (χ0) is 14.9. The minimum Gasteiger partial charge on any atom is -0.325 e. The van der Waals surface area contributed by atoms with Gasteiger partial charge in [-0.05, 0) is 50.8 Å². The van der Waals surface area contributed by atoms with Crippen molar-refractivity contribution in [3.05, 3.63) is 30.1 Å². The van der Waals surface area contributed by atoms with Crippen LogP contribution >= 0.6 is 0 Å². The molecule has 1 unspecified atom stereocenters. The second kappa shape index (κ2) is 5.50. The fourth-order valence-corrected chi connectivity index (χ4v) is 3.06. The Hall–Kier alpha value is -1.86. The van der Waals surface area contributed by atoms with E-state index < -0.39 is 5.54 Å². The van der Waals surface area contributed by atoms with Gasteiger partial charge >= 0.3 is 0 Å². The van der Waals surface area contributed by atoms with Crippen molar-refractivity contribution in [2.45, 2.75) is 45.2 Å². The Morgan fingerprint density at radius 2 is 2.19 bits per heavy atom. The Bertz CT molecular complexity index is 678. The summed E-state index contributed by atoms with van der Waals surface area (Å²) in [7, 11) is 0. The summed E-state index contributed by atoms with van der Waals surface area (Å²) in [6.07, 6.45) is 3.34. The van der Waals surface area contributed by atoms with E-state index in [4.69, 9.17) is 0 Å². The summed E-state index contributed by atoms with van der Waals surface area (Å²) in [4.78, 5) is 4.62. The van der Waals surface area contributed by atoms with Crippen LogP contribution in [0, 0.1) is 24.2 Å². The van der Waals surface area contributed by atoms with Crippen molar-refractivity contribution >= 4 is 11.0 Å². The predicted octanol–water partition coefficient (Wildman–Crippen LogP) is 3.02. The van der Waals surface area contributed by atoms with E-state index in [-0.39, 0.29) is 0 Å². The molecule has 1 aliphatic rings. The lowest BCUT2D eigenvalue weighted by atomic mass is 9.94. The number of hydrogen-bond acceptors (Lipinski definition) is 3. The number of benzene rings is 1. The van der Waals surface area contributed by atoms with Crippen LogP contribution in [0.1, 0.15) is 32.0 Å². The highest BCUT2D eigenvalue weighted by Gasteiger charge is 2.46. The van der Waals surface area contributed by atoms with Gasteiger partial charge < -0.3 is 4.57 Å². The first-order valence-electron chi connectivity index (χ1n) is 7.78. The monoisotopic (exact) mass is 282 g/mol. The quantitative estimate of drug-likeness (QED) is 0.886. The van der Waals surface area contributed by atoms with Crippen molar-refractivity contribution in [3.63, 3.8) is 0 Å². The van der Waals surface area contributed by atoms with Gasteiger partial charge in [0.05, 0.1) is 23.6 Å². The molecule has 0 radical (unpaired) electrons. The van der Waals surface area contributed by atoms with Crippen molar-refractivity contribution in [1.29, 1.82) is 5.26 Å². The van der Waals surface area contributed by atoms with Crippen molar-refractivity contribution < 1.29 is 0 Å². The van der Waals surface area contributed by atoms with Crippen LogP contribution in [-0.4, -0.2) is 21.6 Å². The lowest BCUT2D eigenvalue weighted by molar-refractivity contribution is 0.319. The van der Waals surface area contributed by atoms with Crippen LogP contribution < -0.4 is 5.32 Å². The molecule has 4 heteroatoms. The van der Waals surface area contributed by atoms with Gasteiger partial charge in [-0.2, -0.15) is 5.26 Å². The van der Waals surface area contributed by atoms with Gasteiger partial charge in [-0.1, -0.05) is 19.1 Å². The molecule has 1 aromatic heterocycles. The van der Waals surface area contributed by atoms with E-state index in [2.05, 4.69) is 33.9 Å². The Morgan fingerprint density at radius 1 is 1.43 bits per heavy atom. The molecule has 21 heavy (non-hydrogen) atoms. The third kappa shape index (κ3) is 2.54. The molecule has 0 aliphatic heterocycles. The maximum atomic E-state index is 9.83. The van der Waals surface area contributed by atoms with Crippen LogP contribution in [-0.2, 0) is 6.54 Å². The summed E-state index contributed by atoms with van der Waals surface area (Å²) >= 11 is 0. The van der Waals surface area contributed by atoms with Gasteiger partial charge in [0.25, 0.3) is 0 Å². The Labute approximate surface area is 125 Å². The van der Waals surface area contributed by atoms with Gasteiger partial charge in [0.1, 0.15) is 11.4 Å². The minimum atomic E-state index is -0.454. The van der Waals surface area contributed by atoms with Gasteiger partial charge in [0.2, 0.25) is 0 Å². The van der Waals surface area contributed by atoms with Crippen molar-refractivity contribution in [1.82, 2.24) is 14.9 Å². The van der Waals surface area contributed by atoms with Gasteiger partial charge in [0, 0.05) is 0 Å². The molecule has 1 saturated carbocycles. The smallest absolute Gasteiger partial charge is 0.127 e. The number of nitriles is 1. The lowest BCUT2D eigenvalue weighted by Gasteiger charge is -2.29. The maximum absolute atomic E-state index is 9.83. The molecule has 1 aromatic carbocycles. The van der Waals surface area contributed by atoms with Crippen molar-refractivity contribution in [2.24, 2.45) is 5.92 Å². The summed E-state index contributed by atoms with van der Waals surface area (Å²) in [5, 5.41) is 13.3. The van der Waals surface area contributed by atoms with Gasteiger partial charge in [-0.15, -0.1) is 0 Å². The van der Waals surface area contributed by atoms with Crippen LogP contribution in [0.5, 0.6) is 0 Å². The predicted molar refractivity (Wildman–Crippen MR) is 83.8 cm³/mol. The molecule has 0 saturated heterocycles. The zero-order valence-electron chi connectivity index (χ0n) is 12.8. The van der Waals surface area contributed by atoms with E-state index in [9.17, 15) is 5.26 Å². The van der Waals surface area contributed by atoms with Crippen LogP contribution in [0.3, 0.4) is 0 Å². The summed E-state index contributed by atoms with van der Waals surface area (Å²) in [6, 6.07) is 10.7. The summed E-state index contributed by atoms with van der Waals surface area (Å²) < 4.78 is 2.19. The molecule has 0 spiro atoms. The number of rotatable bonds is 6. The molecule has 1 atom stereocenters. The van der Waals surface area contributed by atoms with E-state index in [1.165, 1.54) is 0 Å². The second-order valence-corrected chi connectivity index (χ2v) is 6.02. The highest BCUT2D eigenvalue weighted by atomic mass is 15.1. The Morgan fingerprint density at radius 3 is 2.86 bits per heavy atom. The first kappa shape index (κ1) is 14.1. The molecular weight excluding hydrogens is 260 g/mol. The average molecular weight is 282 g/mol. The number of nitrogens with one attached hydrogen (secondary N) is 1. The average Bonchev–Trinajstić information content (AvgIpc) is 3.30. The van der Waals surface area contributed by atoms with Crippen LogP contribution in [0.4, 0.5) is 0 Å². The summed E-state index contributed by atoms with van der Waals surface area (Å²) in [6.45, 7) is 5.73. The van der Waals surface area contributed by atoms with Crippen LogP contribution in [0.25, 0.3) is 11.0 Å². The lowest BCUT2D eigenvalue weighted by Crippen LogP contribution is -2.50. The Kier molecular flexibility index (Phi) is 3.69.